The lowest BCUT2D eigenvalue weighted by atomic mass is 10.0. The Labute approximate surface area is 110 Å². The van der Waals surface area contributed by atoms with Crippen LogP contribution in [0.5, 0.6) is 0 Å². The molecule has 2 rings (SSSR count). The van der Waals surface area contributed by atoms with Gasteiger partial charge in [-0.2, -0.15) is 5.26 Å². The zero-order chi connectivity index (χ0) is 13.0. The van der Waals surface area contributed by atoms with E-state index >= 15 is 0 Å². The molecule has 0 unspecified atom stereocenters. The number of fused-ring (bicyclic) bond motifs is 1. The molecule has 0 N–H and O–H groups in total. The van der Waals surface area contributed by atoms with Crippen LogP contribution in [0.25, 0.3) is 0 Å². The summed E-state index contributed by atoms with van der Waals surface area (Å²) in [5.41, 5.74) is 1.82. The van der Waals surface area contributed by atoms with Crippen molar-refractivity contribution in [2.75, 3.05) is 26.9 Å². The quantitative estimate of drug-likeness (QED) is 0.782. The van der Waals surface area contributed by atoms with Crippen molar-refractivity contribution in [3.8, 4) is 6.07 Å². The number of thiophene rings is 1. The normalized spacial score (nSPS) is 13.9. The minimum Gasteiger partial charge on any atom is -0.447 e. The van der Waals surface area contributed by atoms with Crippen molar-refractivity contribution in [3.63, 3.8) is 0 Å². The fraction of sp³-hybridized carbons (Fsp3) is 0.500. The molecule has 1 amide bonds. The van der Waals surface area contributed by atoms with E-state index in [1.807, 2.05) is 5.38 Å². The van der Waals surface area contributed by atoms with E-state index in [0.29, 0.717) is 19.7 Å². The highest BCUT2D eigenvalue weighted by Crippen LogP contribution is 2.28. The summed E-state index contributed by atoms with van der Waals surface area (Å²) in [5.74, 6) is 0. The van der Waals surface area contributed by atoms with Gasteiger partial charge in [-0.05, 0) is 12.0 Å². The molecular weight excluding hydrogens is 252 g/mol. The van der Waals surface area contributed by atoms with Crippen molar-refractivity contribution in [2.45, 2.75) is 13.0 Å². The smallest absolute Gasteiger partial charge is 0.410 e. The van der Waals surface area contributed by atoms with E-state index in [0.717, 1.165) is 22.4 Å². The van der Waals surface area contributed by atoms with Crippen LogP contribution >= 0.6 is 11.3 Å². The van der Waals surface area contributed by atoms with Crippen LogP contribution < -0.4 is 0 Å². The Kier molecular flexibility index (Phi) is 4.18. The summed E-state index contributed by atoms with van der Waals surface area (Å²) in [5, 5.41) is 10.8. The van der Waals surface area contributed by atoms with Crippen molar-refractivity contribution in [2.24, 2.45) is 0 Å². The van der Waals surface area contributed by atoms with Gasteiger partial charge in [0.05, 0.1) is 18.7 Å². The molecule has 0 aliphatic carbocycles. The van der Waals surface area contributed by atoms with E-state index in [1.54, 1.807) is 12.0 Å². The largest absolute Gasteiger partial charge is 0.447 e. The first-order chi connectivity index (χ1) is 8.76. The SMILES string of the molecule is COCCOC(=O)N1CCc2c(C#N)csc2C1. The molecule has 1 aromatic heterocycles. The van der Waals surface area contributed by atoms with E-state index in [-0.39, 0.29) is 12.7 Å². The van der Waals surface area contributed by atoms with E-state index in [2.05, 4.69) is 6.07 Å². The maximum absolute atomic E-state index is 11.7. The molecule has 0 saturated heterocycles. The molecule has 5 nitrogen and oxygen atoms in total. The van der Waals surface area contributed by atoms with Crippen LogP contribution in [0.3, 0.4) is 0 Å². The fourth-order valence-electron chi connectivity index (χ4n) is 1.88. The third-order valence-electron chi connectivity index (χ3n) is 2.84. The van der Waals surface area contributed by atoms with Crippen LogP contribution in [0.2, 0.25) is 0 Å². The summed E-state index contributed by atoms with van der Waals surface area (Å²) in [4.78, 5) is 14.5. The van der Waals surface area contributed by atoms with Gasteiger partial charge < -0.3 is 14.4 Å². The average molecular weight is 266 g/mol. The van der Waals surface area contributed by atoms with Crippen molar-refractivity contribution >= 4 is 17.4 Å². The average Bonchev–Trinajstić information content (AvgIpc) is 2.80. The number of carbonyl (C=O) groups excluding carboxylic acids is 1. The molecule has 0 atom stereocenters. The van der Waals surface area contributed by atoms with Gasteiger partial charge in [0.1, 0.15) is 12.7 Å². The minimum absolute atomic E-state index is 0.270. The second-order valence-electron chi connectivity index (χ2n) is 3.94. The van der Waals surface area contributed by atoms with Gasteiger partial charge >= 0.3 is 6.09 Å². The Morgan fingerprint density at radius 1 is 1.61 bits per heavy atom. The Bertz CT molecular complexity index is 478. The Morgan fingerprint density at radius 3 is 3.17 bits per heavy atom. The summed E-state index contributed by atoms with van der Waals surface area (Å²) in [6.07, 6.45) is 0.408. The maximum Gasteiger partial charge on any atom is 0.410 e. The molecule has 1 aliphatic rings. The summed E-state index contributed by atoms with van der Waals surface area (Å²) >= 11 is 1.53. The number of nitriles is 1. The van der Waals surface area contributed by atoms with Crippen LogP contribution in [-0.4, -0.2) is 37.9 Å². The molecule has 18 heavy (non-hydrogen) atoms. The number of rotatable bonds is 3. The van der Waals surface area contributed by atoms with Gasteiger partial charge in [0, 0.05) is 23.9 Å². The topological polar surface area (TPSA) is 62.6 Å². The van der Waals surface area contributed by atoms with E-state index in [9.17, 15) is 4.79 Å². The first-order valence-corrected chi connectivity index (χ1v) is 6.54. The molecule has 96 valence electrons. The van der Waals surface area contributed by atoms with Gasteiger partial charge in [-0.3, -0.25) is 0 Å². The maximum atomic E-state index is 11.7. The number of nitrogens with zero attached hydrogens (tertiary/aromatic N) is 2. The van der Waals surface area contributed by atoms with Crippen LogP contribution in [0, 0.1) is 11.3 Å². The zero-order valence-electron chi connectivity index (χ0n) is 10.1. The standard InChI is InChI=1S/C12H14N2O3S/c1-16-4-5-17-12(15)14-3-2-10-9(6-13)8-18-11(10)7-14/h8H,2-5,7H2,1H3. The molecule has 6 heteroatoms. The Hall–Kier alpha value is -1.58. The predicted molar refractivity (Wildman–Crippen MR) is 66.4 cm³/mol. The van der Waals surface area contributed by atoms with Crippen molar-refractivity contribution in [1.29, 1.82) is 5.26 Å². The van der Waals surface area contributed by atoms with Gasteiger partial charge in [-0.25, -0.2) is 4.79 Å². The number of ether oxygens (including phenoxy) is 2. The number of methoxy groups -OCH3 is 1. The molecule has 0 aromatic carbocycles. The first-order valence-electron chi connectivity index (χ1n) is 5.66. The molecule has 0 spiro atoms. The molecular formula is C12H14N2O3S. The fourth-order valence-corrected chi connectivity index (χ4v) is 2.92. The lowest BCUT2D eigenvalue weighted by molar-refractivity contribution is 0.0691. The number of carbonyl (C=O) groups is 1. The lowest BCUT2D eigenvalue weighted by Gasteiger charge is -2.26. The first kappa shape index (κ1) is 12.9. The van der Waals surface area contributed by atoms with E-state index < -0.39 is 0 Å². The monoisotopic (exact) mass is 266 g/mol. The van der Waals surface area contributed by atoms with Crippen molar-refractivity contribution in [3.05, 3.63) is 21.4 Å². The minimum atomic E-state index is -0.315. The number of hydrogen-bond acceptors (Lipinski definition) is 5. The molecule has 1 aromatic rings. The Balaban J connectivity index is 1.96. The third kappa shape index (κ3) is 2.63. The van der Waals surface area contributed by atoms with Crippen molar-refractivity contribution < 1.29 is 14.3 Å². The summed E-state index contributed by atoms with van der Waals surface area (Å²) in [7, 11) is 1.57. The molecule has 2 heterocycles. The van der Waals surface area contributed by atoms with Crippen LogP contribution in [0.15, 0.2) is 5.38 Å². The lowest BCUT2D eigenvalue weighted by Crippen LogP contribution is -2.36. The van der Waals surface area contributed by atoms with E-state index in [1.165, 1.54) is 11.3 Å². The Morgan fingerprint density at radius 2 is 2.44 bits per heavy atom. The van der Waals surface area contributed by atoms with Crippen molar-refractivity contribution in [1.82, 2.24) is 4.90 Å². The van der Waals surface area contributed by atoms with E-state index in [4.69, 9.17) is 14.7 Å². The van der Waals surface area contributed by atoms with Crippen LogP contribution in [0.4, 0.5) is 4.79 Å². The number of hydrogen-bond donors (Lipinski definition) is 0. The van der Waals surface area contributed by atoms with Gasteiger partial charge in [-0.1, -0.05) is 0 Å². The second kappa shape index (κ2) is 5.85. The highest BCUT2D eigenvalue weighted by molar-refractivity contribution is 7.10. The highest BCUT2D eigenvalue weighted by atomic mass is 32.1. The zero-order valence-corrected chi connectivity index (χ0v) is 11.0. The molecule has 0 saturated carbocycles. The summed E-state index contributed by atoms with van der Waals surface area (Å²) in [6, 6.07) is 2.18. The molecule has 0 bridgehead atoms. The van der Waals surface area contributed by atoms with Gasteiger partial charge in [0.2, 0.25) is 0 Å². The van der Waals surface area contributed by atoms with Gasteiger partial charge in [0.25, 0.3) is 0 Å². The van der Waals surface area contributed by atoms with Crippen LogP contribution in [0.1, 0.15) is 16.0 Å². The summed E-state index contributed by atoms with van der Waals surface area (Å²) in [6.45, 7) is 1.81. The second-order valence-corrected chi connectivity index (χ2v) is 4.91. The number of amides is 1. The predicted octanol–water partition coefficient (Wildman–Crippen LogP) is 1.76. The van der Waals surface area contributed by atoms with Crippen LogP contribution in [-0.2, 0) is 22.4 Å². The van der Waals surface area contributed by atoms with Gasteiger partial charge in [0.15, 0.2) is 0 Å². The highest BCUT2D eigenvalue weighted by Gasteiger charge is 2.24. The summed E-state index contributed by atoms with van der Waals surface area (Å²) < 4.78 is 9.90. The molecule has 1 aliphatic heterocycles. The third-order valence-corrected chi connectivity index (χ3v) is 3.85. The molecule has 0 radical (unpaired) electrons. The molecule has 0 fully saturated rings. The van der Waals surface area contributed by atoms with Gasteiger partial charge in [-0.15, -0.1) is 11.3 Å².